The standard InChI is InChI=1S/C12H19NSi/c1-11(10-13-2)14(3,4)12-8-6-5-7-9-12/h5-10,13H,1-4H3/b11-10+. The molecule has 2 heteroatoms. The topological polar surface area (TPSA) is 12.0 Å². The van der Waals surface area contributed by atoms with Gasteiger partial charge >= 0.3 is 0 Å². The molecule has 0 saturated carbocycles. The van der Waals surface area contributed by atoms with Crippen LogP contribution in [0.4, 0.5) is 0 Å². The summed E-state index contributed by atoms with van der Waals surface area (Å²) in [7, 11) is 0.552. The van der Waals surface area contributed by atoms with Gasteiger partial charge in [-0.05, 0) is 13.1 Å². The van der Waals surface area contributed by atoms with Crippen LogP contribution in [0.15, 0.2) is 41.7 Å². The van der Waals surface area contributed by atoms with Crippen LogP contribution in [0.25, 0.3) is 0 Å². The zero-order chi connectivity index (χ0) is 10.6. The molecule has 0 aromatic heterocycles. The molecule has 0 radical (unpaired) electrons. The Bertz CT molecular complexity index is 314. The van der Waals surface area contributed by atoms with Gasteiger partial charge in [0.1, 0.15) is 8.07 Å². The molecule has 0 atom stereocenters. The fourth-order valence-electron chi connectivity index (χ4n) is 1.48. The summed E-state index contributed by atoms with van der Waals surface area (Å²) in [6.45, 7) is 6.98. The van der Waals surface area contributed by atoms with E-state index in [4.69, 9.17) is 0 Å². The lowest BCUT2D eigenvalue weighted by atomic mass is 10.4. The van der Waals surface area contributed by atoms with E-state index in [0.29, 0.717) is 0 Å². The number of hydrogen-bond acceptors (Lipinski definition) is 1. The van der Waals surface area contributed by atoms with E-state index in [1.54, 1.807) is 0 Å². The van der Waals surface area contributed by atoms with Crippen LogP contribution >= 0.6 is 0 Å². The van der Waals surface area contributed by atoms with Gasteiger partial charge in [0.2, 0.25) is 0 Å². The van der Waals surface area contributed by atoms with Crippen LogP contribution in [0, 0.1) is 0 Å². The van der Waals surface area contributed by atoms with Crippen LogP contribution in [-0.4, -0.2) is 15.1 Å². The zero-order valence-corrected chi connectivity index (χ0v) is 10.5. The van der Waals surface area contributed by atoms with Gasteiger partial charge in [0, 0.05) is 7.05 Å². The molecule has 1 aromatic rings. The minimum atomic E-state index is -1.41. The van der Waals surface area contributed by atoms with Crippen LogP contribution in [0.3, 0.4) is 0 Å². The van der Waals surface area contributed by atoms with Crippen LogP contribution in [0.2, 0.25) is 13.1 Å². The average molecular weight is 205 g/mol. The molecule has 0 amide bonds. The molecule has 0 unspecified atom stereocenters. The number of nitrogens with one attached hydrogen (secondary N) is 1. The Hall–Kier alpha value is -1.02. The van der Waals surface area contributed by atoms with Gasteiger partial charge < -0.3 is 5.32 Å². The van der Waals surface area contributed by atoms with Crippen LogP contribution in [-0.2, 0) is 0 Å². The van der Waals surface area contributed by atoms with Crippen LogP contribution < -0.4 is 10.5 Å². The third kappa shape index (κ3) is 2.26. The molecule has 14 heavy (non-hydrogen) atoms. The molecule has 1 aromatic carbocycles. The van der Waals surface area contributed by atoms with Gasteiger partial charge in [0.05, 0.1) is 0 Å². The molecule has 1 rings (SSSR count). The van der Waals surface area contributed by atoms with Crippen LogP contribution in [0.1, 0.15) is 6.92 Å². The zero-order valence-electron chi connectivity index (χ0n) is 9.46. The van der Waals surface area contributed by atoms with E-state index in [1.807, 2.05) is 7.05 Å². The van der Waals surface area contributed by atoms with Gasteiger partial charge in [0.15, 0.2) is 0 Å². The summed E-state index contributed by atoms with van der Waals surface area (Å²) in [5, 5.41) is 6.08. The van der Waals surface area contributed by atoms with Gasteiger partial charge in [-0.2, -0.15) is 0 Å². The molecule has 76 valence electrons. The van der Waals surface area contributed by atoms with Gasteiger partial charge in [-0.1, -0.05) is 53.8 Å². The Morgan fingerprint density at radius 2 is 1.79 bits per heavy atom. The third-order valence-corrected chi connectivity index (χ3v) is 6.73. The van der Waals surface area contributed by atoms with Crippen molar-refractivity contribution in [3.05, 3.63) is 41.7 Å². The first kappa shape index (κ1) is 11.1. The molecule has 0 bridgehead atoms. The Morgan fingerprint density at radius 3 is 2.29 bits per heavy atom. The fraction of sp³-hybridized carbons (Fsp3) is 0.333. The summed E-state index contributed by atoms with van der Waals surface area (Å²) >= 11 is 0. The van der Waals surface area contributed by atoms with Crippen molar-refractivity contribution in [1.29, 1.82) is 0 Å². The molecule has 0 aliphatic heterocycles. The van der Waals surface area contributed by atoms with E-state index in [-0.39, 0.29) is 0 Å². The minimum Gasteiger partial charge on any atom is -0.394 e. The normalized spacial score (nSPS) is 12.7. The molecular weight excluding hydrogens is 186 g/mol. The van der Waals surface area contributed by atoms with Gasteiger partial charge in [-0.15, -0.1) is 0 Å². The van der Waals surface area contributed by atoms with E-state index in [1.165, 1.54) is 10.4 Å². The molecular formula is C12H19NSi. The van der Waals surface area contributed by atoms with Crippen molar-refractivity contribution in [2.45, 2.75) is 20.0 Å². The molecule has 0 heterocycles. The SMILES string of the molecule is CN/C=C(\C)[Si](C)(C)c1ccccc1. The van der Waals surface area contributed by atoms with Crippen molar-refractivity contribution in [3.8, 4) is 0 Å². The largest absolute Gasteiger partial charge is 0.394 e. The van der Waals surface area contributed by atoms with Crippen LogP contribution in [0.5, 0.6) is 0 Å². The highest BCUT2D eigenvalue weighted by molar-refractivity contribution is 6.95. The Labute approximate surface area is 87.9 Å². The van der Waals surface area contributed by atoms with E-state index < -0.39 is 8.07 Å². The summed E-state index contributed by atoms with van der Waals surface area (Å²) in [6, 6.07) is 10.8. The first-order chi connectivity index (χ1) is 6.59. The van der Waals surface area contributed by atoms with E-state index in [2.05, 4.69) is 61.9 Å². The highest BCUT2D eigenvalue weighted by Gasteiger charge is 2.24. The second-order valence-corrected chi connectivity index (χ2v) is 8.72. The lowest BCUT2D eigenvalue weighted by molar-refractivity contribution is 1.09. The van der Waals surface area contributed by atoms with E-state index >= 15 is 0 Å². The summed E-state index contributed by atoms with van der Waals surface area (Å²) in [6.07, 6.45) is 2.12. The summed E-state index contributed by atoms with van der Waals surface area (Å²) in [5.74, 6) is 0. The number of allylic oxidation sites excluding steroid dienone is 1. The monoisotopic (exact) mass is 205 g/mol. The van der Waals surface area contributed by atoms with Crippen molar-refractivity contribution >= 4 is 13.3 Å². The third-order valence-electron chi connectivity index (χ3n) is 2.84. The van der Waals surface area contributed by atoms with Crippen molar-refractivity contribution in [3.63, 3.8) is 0 Å². The molecule has 0 fully saturated rings. The smallest absolute Gasteiger partial charge is 0.109 e. The number of rotatable bonds is 3. The fourth-order valence-corrected chi connectivity index (χ4v) is 3.47. The number of hydrogen-bond donors (Lipinski definition) is 1. The minimum absolute atomic E-state index is 1.41. The molecule has 0 aliphatic carbocycles. The quantitative estimate of drug-likeness (QED) is 0.746. The van der Waals surface area contributed by atoms with E-state index in [0.717, 1.165) is 0 Å². The predicted octanol–water partition coefficient (Wildman–Crippen LogP) is 2.26. The number of benzene rings is 1. The Kier molecular flexibility index (Phi) is 3.53. The van der Waals surface area contributed by atoms with Gasteiger partial charge in [0.25, 0.3) is 0 Å². The molecule has 1 nitrogen and oxygen atoms in total. The van der Waals surface area contributed by atoms with Crippen molar-refractivity contribution in [2.24, 2.45) is 0 Å². The summed E-state index contributed by atoms with van der Waals surface area (Å²) < 4.78 is 0. The Balaban J connectivity index is 3.02. The van der Waals surface area contributed by atoms with Crippen molar-refractivity contribution in [1.82, 2.24) is 5.32 Å². The first-order valence-electron chi connectivity index (χ1n) is 4.99. The molecule has 1 N–H and O–H groups in total. The highest BCUT2D eigenvalue weighted by Crippen LogP contribution is 2.13. The van der Waals surface area contributed by atoms with Crippen molar-refractivity contribution < 1.29 is 0 Å². The second kappa shape index (κ2) is 4.47. The molecule has 0 spiro atoms. The van der Waals surface area contributed by atoms with Gasteiger partial charge in [-0.25, -0.2) is 0 Å². The maximum absolute atomic E-state index is 3.12. The summed E-state index contributed by atoms with van der Waals surface area (Å²) in [5.41, 5.74) is 0. The van der Waals surface area contributed by atoms with E-state index in [9.17, 15) is 0 Å². The average Bonchev–Trinajstić information content (AvgIpc) is 2.19. The lowest BCUT2D eigenvalue weighted by Gasteiger charge is -2.24. The van der Waals surface area contributed by atoms with Crippen molar-refractivity contribution in [2.75, 3.05) is 7.05 Å². The first-order valence-corrected chi connectivity index (χ1v) is 7.99. The maximum Gasteiger partial charge on any atom is 0.109 e. The predicted molar refractivity (Wildman–Crippen MR) is 66.4 cm³/mol. The summed E-state index contributed by atoms with van der Waals surface area (Å²) in [4.78, 5) is 0. The lowest BCUT2D eigenvalue weighted by Crippen LogP contribution is -2.43. The Morgan fingerprint density at radius 1 is 1.21 bits per heavy atom. The molecule has 0 saturated heterocycles. The molecule has 0 aliphatic rings. The second-order valence-electron chi connectivity index (χ2n) is 4.11. The van der Waals surface area contributed by atoms with Gasteiger partial charge in [-0.3, -0.25) is 0 Å². The maximum atomic E-state index is 3.12. The highest BCUT2D eigenvalue weighted by atomic mass is 28.3.